The zero-order valence-corrected chi connectivity index (χ0v) is 16.5. The van der Waals surface area contributed by atoms with E-state index in [1.54, 1.807) is 0 Å². The molecule has 0 heterocycles. The Kier molecular flexibility index (Phi) is 4.60. The first kappa shape index (κ1) is 16.4. The van der Waals surface area contributed by atoms with Gasteiger partial charge in [0.1, 0.15) is 0 Å². The molecule has 4 aromatic rings. The lowest BCUT2D eigenvalue weighted by Gasteiger charge is -2.26. The average molecular weight is 453 g/mol. The van der Waals surface area contributed by atoms with Gasteiger partial charge in [0.15, 0.2) is 0 Å². The predicted molar refractivity (Wildman–Crippen MR) is 114 cm³/mol. The van der Waals surface area contributed by atoms with E-state index in [4.69, 9.17) is 0 Å². The fourth-order valence-electron chi connectivity index (χ4n) is 3.01. The van der Waals surface area contributed by atoms with Crippen LogP contribution < -0.4 is 4.90 Å². The lowest BCUT2D eigenvalue weighted by atomic mass is 10.1. The molecule has 0 radical (unpaired) electrons. The van der Waals surface area contributed by atoms with Crippen molar-refractivity contribution in [2.45, 2.75) is 0 Å². The summed E-state index contributed by atoms with van der Waals surface area (Å²) in [6.45, 7) is 0. The number of hydrogen-bond acceptors (Lipinski definition) is 1. The molecule has 0 aliphatic carbocycles. The summed E-state index contributed by atoms with van der Waals surface area (Å²) < 4.78 is 2.08. The molecule has 1 nitrogen and oxygen atoms in total. The molecule has 0 fully saturated rings. The van der Waals surface area contributed by atoms with Crippen LogP contribution in [0, 0.1) is 0 Å². The quantitative estimate of drug-likeness (QED) is 0.306. The van der Waals surface area contributed by atoms with Crippen LogP contribution in [0.1, 0.15) is 0 Å². The van der Waals surface area contributed by atoms with E-state index < -0.39 is 0 Å². The Hall–Kier alpha value is -2.10. The first-order valence-corrected chi connectivity index (χ1v) is 9.59. The van der Waals surface area contributed by atoms with Crippen LogP contribution in [0.25, 0.3) is 10.8 Å². The van der Waals surface area contributed by atoms with E-state index in [1.165, 1.54) is 10.8 Å². The van der Waals surface area contributed by atoms with E-state index in [0.717, 1.165) is 26.0 Å². The molecule has 4 rings (SSSR count). The minimum absolute atomic E-state index is 1.04. The van der Waals surface area contributed by atoms with Crippen molar-refractivity contribution in [3.63, 3.8) is 0 Å². The van der Waals surface area contributed by atoms with E-state index in [-0.39, 0.29) is 0 Å². The number of anilines is 3. The first-order chi connectivity index (χ1) is 12.2. The van der Waals surface area contributed by atoms with Crippen molar-refractivity contribution in [1.29, 1.82) is 0 Å². The summed E-state index contributed by atoms with van der Waals surface area (Å²) in [5.41, 5.74) is 3.36. The Bertz CT molecular complexity index is 1010. The molecule has 4 aromatic carbocycles. The van der Waals surface area contributed by atoms with Crippen molar-refractivity contribution >= 4 is 59.7 Å². The van der Waals surface area contributed by atoms with Crippen LogP contribution in [-0.4, -0.2) is 0 Å². The van der Waals surface area contributed by atoms with E-state index in [0.29, 0.717) is 0 Å². The van der Waals surface area contributed by atoms with Gasteiger partial charge in [-0.05, 0) is 53.2 Å². The van der Waals surface area contributed by atoms with Crippen LogP contribution in [0.15, 0.2) is 99.9 Å². The molecule has 0 aliphatic rings. The van der Waals surface area contributed by atoms with Gasteiger partial charge in [-0.3, -0.25) is 0 Å². The third kappa shape index (κ3) is 3.48. The largest absolute Gasteiger partial charge is 0.310 e. The van der Waals surface area contributed by atoms with E-state index in [1.807, 2.05) is 12.1 Å². The highest BCUT2D eigenvalue weighted by molar-refractivity contribution is 9.11. The third-order valence-corrected chi connectivity index (χ3v) is 5.03. The molecule has 25 heavy (non-hydrogen) atoms. The highest BCUT2D eigenvalue weighted by atomic mass is 79.9. The van der Waals surface area contributed by atoms with Crippen LogP contribution >= 0.6 is 31.9 Å². The highest BCUT2D eigenvalue weighted by Crippen LogP contribution is 2.38. The summed E-state index contributed by atoms with van der Waals surface area (Å²) in [6.07, 6.45) is 0. The number of benzene rings is 4. The Morgan fingerprint density at radius 2 is 1.12 bits per heavy atom. The van der Waals surface area contributed by atoms with Gasteiger partial charge in [0, 0.05) is 26.0 Å². The molecule has 3 heteroatoms. The molecule has 0 atom stereocenters. The van der Waals surface area contributed by atoms with Crippen LogP contribution in [0.2, 0.25) is 0 Å². The second kappa shape index (κ2) is 7.03. The van der Waals surface area contributed by atoms with Crippen molar-refractivity contribution in [1.82, 2.24) is 0 Å². The second-order valence-electron chi connectivity index (χ2n) is 5.83. The van der Waals surface area contributed by atoms with Crippen molar-refractivity contribution in [3.05, 3.63) is 99.9 Å². The monoisotopic (exact) mass is 451 g/mol. The smallest absolute Gasteiger partial charge is 0.0484 e. The predicted octanol–water partition coefficient (Wildman–Crippen LogP) is 7.83. The van der Waals surface area contributed by atoms with Crippen molar-refractivity contribution < 1.29 is 0 Å². The number of halogens is 2. The van der Waals surface area contributed by atoms with E-state index in [2.05, 4.69) is 116 Å². The van der Waals surface area contributed by atoms with Gasteiger partial charge >= 0.3 is 0 Å². The molecule has 0 saturated carbocycles. The topological polar surface area (TPSA) is 3.24 Å². The van der Waals surface area contributed by atoms with Gasteiger partial charge in [-0.2, -0.15) is 0 Å². The molecule has 122 valence electrons. The molecule has 0 spiro atoms. The normalized spacial score (nSPS) is 10.8. The van der Waals surface area contributed by atoms with Crippen LogP contribution in [0.5, 0.6) is 0 Å². The molecular formula is C22H15Br2N. The number of hydrogen-bond donors (Lipinski definition) is 0. The summed E-state index contributed by atoms with van der Waals surface area (Å²) in [6, 6.07) is 31.8. The molecule has 0 aromatic heterocycles. The summed E-state index contributed by atoms with van der Waals surface area (Å²) in [5, 5.41) is 2.48. The lowest BCUT2D eigenvalue weighted by Crippen LogP contribution is -2.09. The Morgan fingerprint density at radius 1 is 0.480 bits per heavy atom. The van der Waals surface area contributed by atoms with Crippen molar-refractivity contribution in [3.8, 4) is 0 Å². The molecule has 0 amide bonds. The molecule has 0 bridgehead atoms. The minimum atomic E-state index is 1.04. The van der Waals surface area contributed by atoms with E-state index in [9.17, 15) is 0 Å². The van der Waals surface area contributed by atoms with Gasteiger partial charge in [0.2, 0.25) is 0 Å². The van der Waals surface area contributed by atoms with Crippen molar-refractivity contribution in [2.24, 2.45) is 0 Å². The molecule has 0 unspecified atom stereocenters. The number of rotatable bonds is 3. The molecular weight excluding hydrogens is 438 g/mol. The lowest BCUT2D eigenvalue weighted by molar-refractivity contribution is 1.28. The Morgan fingerprint density at radius 3 is 1.84 bits per heavy atom. The zero-order chi connectivity index (χ0) is 17.2. The standard InChI is InChI=1S/C22H15Br2N/c23-18-13-19(24)15-22(14-18)25(20-8-2-1-3-9-20)21-11-10-16-6-4-5-7-17(16)12-21/h1-15H. The van der Waals surface area contributed by atoms with Gasteiger partial charge in [-0.15, -0.1) is 0 Å². The summed E-state index contributed by atoms with van der Waals surface area (Å²) in [7, 11) is 0. The number of para-hydroxylation sites is 1. The van der Waals surface area contributed by atoms with Crippen LogP contribution in [0.4, 0.5) is 17.1 Å². The summed E-state index contributed by atoms with van der Waals surface area (Å²) in [4.78, 5) is 2.27. The summed E-state index contributed by atoms with van der Waals surface area (Å²) in [5.74, 6) is 0. The molecule has 0 aliphatic heterocycles. The molecule has 0 N–H and O–H groups in total. The van der Waals surface area contributed by atoms with Gasteiger partial charge in [-0.1, -0.05) is 80.4 Å². The minimum Gasteiger partial charge on any atom is -0.310 e. The van der Waals surface area contributed by atoms with Gasteiger partial charge in [-0.25, -0.2) is 0 Å². The van der Waals surface area contributed by atoms with Gasteiger partial charge < -0.3 is 4.90 Å². The Balaban J connectivity index is 1.93. The fraction of sp³-hybridized carbons (Fsp3) is 0. The fourth-order valence-corrected chi connectivity index (χ4v) is 4.28. The maximum absolute atomic E-state index is 3.61. The maximum Gasteiger partial charge on any atom is 0.0484 e. The maximum atomic E-state index is 3.61. The summed E-state index contributed by atoms with van der Waals surface area (Å²) >= 11 is 7.22. The SMILES string of the molecule is Brc1cc(Br)cc(N(c2ccccc2)c2ccc3ccccc3c2)c1. The number of nitrogens with zero attached hydrogens (tertiary/aromatic N) is 1. The second-order valence-corrected chi connectivity index (χ2v) is 7.66. The average Bonchev–Trinajstić information content (AvgIpc) is 2.62. The van der Waals surface area contributed by atoms with Gasteiger partial charge in [0.25, 0.3) is 0 Å². The Labute approximate surface area is 164 Å². The van der Waals surface area contributed by atoms with Gasteiger partial charge in [0.05, 0.1) is 0 Å². The number of fused-ring (bicyclic) bond motifs is 1. The zero-order valence-electron chi connectivity index (χ0n) is 13.4. The first-order valence-electron chi connectivity index (χ1n) is 8.01. The van der Waals surface area contributed by atoms with Crippen LogP contribution in [0.3, 0.4) is 0 Å². The van der Waals surface area contributed by atoms with E-state index >= 15 is 0 Å². The van der Waals surface area contributed by atoms with Crippen molar-refractivity contribution in [2.75, 3.05) is 4.90 Å². The van der Waals surface area contributed by atoms with Crippen LogP contribution in [-0.2, 0) is 0 Å². The third-order valence-electron chi connectivity index (χ3n) is 4.11. The highest BCUT2D eigenvalue weighted by Gasteiger charge is 2.13. The molecule has 0 saturated heterocycles.